The van der Waals surface area contributed by atoms with Crippen LogP contribution in [0, 0.1) is 11.8 Å². The predicted molar refractivity (Wildman–Crippen MR) is 134 cm³/mol. The molecule has 0 bridgehead atoms. The van der Waals surface area contributed by atoms with Crippen LogP contribution in [0.15, 0.2) is 36.5 Å². The fourth-order valence-electron chi connectivity index (χ4n) is 5.52. The van der Waals surface area contributed by atoms with Crippen molar-refractivity contribution in [1.29, 1.82) is 0 Å². The van der Waals surface area contributed by atoms with E-state index in [9.17, 15) is 18.0 Å². The van der Waals surface area contributed by atoms with Crippen molar-refractivity contribution in [2.24, 2.45) is 11.8 Å². The highest BCUT2D eigenvalue weighted by atomic mass is 19.4. The molecule has 1 aromatic carbocycles. The van der Waals surface area contributed by atoms with Gasteiger partial charge >= 0.3 is 6.18 Å². The number of carbonyl (C=O) groups excluding carboxylic acids is 1. The van der Waals surface area contributed by atoms with Crippen LogP contribution in [-0.4, -0.2) is 33.8 Å². The molecular formula is C27H32F3N5O. The number of hydrogen-bond acceptors (Lipinski definition) is 4. The molecule has 2 aromatic heterocycles. The molecule has 1 saturated carbocycles. The second-order valence-electron chi connectivity index (χ2n) is 10.4. The molecule has 3 aromatic rings. The lowest BCUT2D eigenvalue weighted by molar-refractivity contribution is -0.141. The summed E-state index contributed by atoms with van der Waals surface area (Å²) in [6.07, 6.45) is 4.11. The van der Waals surface area contributed by atoms with Gasteiger partial charge in [-0.2, -0.15) is 18.3 Å². The maximum absolute atomic E-state index is 13.1. The summed E-state index contributed by atoms with van der Waals surface area (Å²) in [6.45, 7) is 6.29. The summed E-state index contributed by atoms with van der Waals surface area (Å²) >= 11 is 0. The molecule has 0 unspecified atom stereocenters. The molecule has 1 N–H and O–H groups in total. The van der Waals surface area contributed by atoms with Crippen LogP contribution < -0.4 is 10.2 Å². The lowest BCUT2D eigenvalue weighted by Crippen LogP contribution is -2.22. The number of amides is 1. The molecule has 0 spiro atoms. The minimum absolute atomic E-state index is 0.269. The van der Waals surface area contributed by atoms with Gasteiger partial charge in [0, 0.05) is 24.7 Å². The lowest BCUT2D eigenvalue weighted by Gasteiger charge is -2.30. The number of aromatic nitrogens is 3. The molecule has 6 nitrogen and oxygen atoms in total. The first-order chi connectivity index (χ1) is 17.2. The maximum atomic E-state index is 13.1. The quantitative estimate of drug-likeness (QED) is 0.425. The van der Waals surface area contributed by atoms with Crippen molar-refractivity contribution >= 4 is 28.2 Å². The summed E-state index contributed by atoms with van der Waals surface area (Å²) in [5, 5.41) is 8.63. The Morgan fingerprint density at radius 1 is 1.08 bits per heavy atom. The fraction of sp³-hybridized carbons (Fsp3) is 0.519. The van der Waals surface area contributed by atoms with Crippen molar-refractivity contribution in [3.05, 3.63) is 47.9 Å². The average Bonchev–Trinajstić information content (AvgIpc) is 3.53. The minimum Gasteiger partial charge on any atom is -0.370 e. The SMILES string of the molecule is CC(C)C1CCC(n2cc3cc(NC(=O)c4cccc(C(F)(F)F)n4)c(N4CCCC4)cc3n2)CC1. The predicted octanol–water partition coefficient (Wildman–Crippen LogP) is 6.69. The summed E-state index contributed by atoms with van der Waals surface area (Å²) in [5.74, 6) is 0.794. The first-order valence-electron chi connectivity index (χ1n) is 12.8. The van der Waals surface area contributed by atoms with Crippen LogP contribution in [0.5, 0.6) is 0 Å². The molecule has 5 rings (SSSR count). The highest BCUT2D eigenvalue weighted by Crippen LogP contribution is 2.38. The minimum atomic E-state index is -4.61. The standard InChI is InChI=1S/C27H32F3N5O/c1-17(2)18-8-10-20(11-9-18)35-16-19-14-23(24(15-22(19)33-35)34-12-3-4-13-34)32-26(36)21-6-5-7-25(31-21)27(28,29)30/h5-7,14-18,20H,3-4,8-13H2,1-2H3,(H,32,36). The second kappa shape index (κ2) is 9.75. The normalized spacial score (nSPS) is 20.9. The Hall–Kier alpha value is -3.10. The van der Waals surface area contributed by atoms with E-state index in [4.69, 9.17) is 5.10 Å². The Kier molecular flexibility index (Phi) is 6.66. The number of pyridine rings is 1. The van der Waals surface area contributed by atoms with E-state index in [2.05, 4.69) is 33.7 Å². The third kappa shape index (κ3) is 5.06. The first kappa shape index (κ1) is 24.6. The topological polar surface area (TPSA) is 63.1 Å². The van der Waals surface area contributed by atoms with E-state index in [0.29, 0.717) is 17.6 Å². The average molecular weight is 500 g/mol. The molecule has 0 atom stereocenters. The summed E-state index contributed by atoms with van der Waals surface area (Å²) in [7, 11) is 0. The molecule has 192 valence electrons. The Bertz CT molecular complexity index is 1240. The van der Waals surface area contributed by atoms with Gasteiger partial charge in [0.15, 0.2) is 0 Å². The number of halogens is 3. The van der Waals surface area contributed by atoms with Gasteiger partial charge in [0.1, 0.15) is 11.4 Å². The molecule has 9 heteroatoms. The Labute approximate surface area is 208 Å². The van der Waals surface area contributed by atoms with E-state index in [1.165, 1.54) is 25.0 Å². The van der Waals surface area contributed by atoms with Gasteiger partial charge in [-0.1, -0.05) is 19.9 Å². The van der Waals surface area contributed by atoms with Crippen molar-refractivity contribution in [1.82, 2.24) is 14.8 Å². The molecule has 3 heterocycles. The number of hydrogen-bond donors (Lipinski definition) is 1. The van der Waals surface area contributed by atoms with Crippen LogP contribution in [0.25, 0.3) is 10.9 Å². The molecule has 1 aliphatic heterocycles. The molecule has 36 heavy (non-hydrogen) atoms. The largest absolute Gasteiger partial charge is 0.433 e. The summed E-state index contributed by atoms with van der Waals surface area (Å²) in [6, 6.07) is 7.60. The van der Waals surface area contributed by atoms with Crippen LogP contribution in [-0.2, 0) is 6.18 Å². The zero-order valence-electron chi connectivity index (χ0n) is 20.7. The zero-order valence-corrected chi connectivity index (χ0v) is 20.7. The van der Waals surface area contributed by atoms with Crippen LogP contribution in [0.1, 0.15) is 74.6 Å². The van der Waals surface area contributed by atoms with E-state index in [-0.39, 0.29) is 5.69 Å². The third-order valence-electron chi connectivity index (χ3n) is 7.66. The van der Waals surface area contributed by atoms with E-state index in [0.717, 1.165) is 67.3 Å². The number of rotatable bonds is 5. The van der Waals surface area contributed by atoms with Gasteiger partial charge in [0.25, 0.3) is 5.91 Å². The van der Waals surface area contributed by atoms with Gasteiger partial charge in [-0.3, -0.25) is 9.48 Å². The van der Waals surface area contributed by atoms with Crippen molar-refractivity contribution in [3.8, 4) is 0 Å². The number of nitrogens with one attached hydrogen (secondary N) is 1. The van der Waals surface area contributed by atoms with Crippen molar-refractivity contribution in [2.75, 3.05) is 23.3 Å². The highest BCUT2D eigenvalue weighted by molar-refractivity contribution is 6.06. The Morgan fingerprint density at radius 3 is 2.47 bits per heavy atom. The molecular weight excluding hydrogens is 467 g/mol. The zero-order chi connectivity index (χ0) is 25.4. The van der Waals surface area contributed by atoms with Crippen molar-refractivity contribution in [3.63, 3.8) is 0 Å². The summed E-state index contributed by atoms with van der Waals surface area (Å²) in [5.41, 5.74) is 0.914. The van der Waals surface area contributed by atoms with Crippen LogP contribution in [0.3, 0.4) is 0 Å². The van der Waals surface area contributed by atoms with Crippen LogP contribution >= 0.6 is 0 Å². The highest BCUT2D eigenvalue weighted by Gasteiger charge is 2.33. The Morgan fingerprint density at radius 2 is 1.81 bits per heavy atom. The van der Waals surface area contributed by atoms with Gasteiger partial charge in [0.05, 0.1) is 22.9 Å². The summed E-state index contributed by atoms with van der Waals surface area (Å²) < 4.78 is 41.4. The number of carbonyl (C=O) groups is 1. The van der Waals surface area contributed by atoms with E-state index < -0.39 is 17.8 Å². The maximum Gasteiger partial charge on any atom is 0.433 e. The summed E-state index contributed by atoms with van der Waals surface area (Å²) in [4.78, 5) is 18.7. The number of anilines is 2. The Balaban J connectivity index is 1.44. The number of alkyl halides is 3. The smallest absolute Gasteiger partial charge is 0.370 e. The monoisotopic (exact) mass is 499 g/mol. The number of fused-ring (bicyclic) bond motifs is 1. The van der Waals surface area contributed by atoms with Gasteiger partial charge in [-0.15, -0.1) is 0 Å². The van der Waals surface area contributed by atoms with Gasteiger partial charge in [0.2, 0.25) is 0 Å². The van der Waals surface area contributed by atoms with Crippen molar-refractivity contribution < 1.29 is 18.0 Å². The lowest BCUT2D eigenvalue weighted by atomic mass is 9.80. The second-order valence-corrected chi connectivity index (χ2v) is 10.4. The molecule has 1 saturated heterocycles. The molecule has 1 amide bonds. The molecule has 2 fully saturated rings. The van der Waals surface area contributed by atoms with E-state index >= 15 is 0 Å². The molecule has 2 aliphatic rings. The molecule has 1 aliphatic carbocycles. The van der Waals surface area contributed by atoms with Gasteiger partial charge < -0.3 is 10.2 Å². The number of benzene rings is 1. The van der Waals surface area contributed by atoms with Gasteiger partial charge in [-0.05, 0) is 74.6 Å². The van der Waals surface area contributed by atoms with E-state index in [1.807, 2.05) is 18.3 Å². The third-order valence-corrected chi connectivity index (χ3v) is 7.66. The van der Waals surface area contributed by atoms with Crippen LogP contribution in [0.2, 0.25) is 0 Å². The molecule has 0 radical (unpaired) electrons. The van der Waals surface area contributed by atoms with E-state index in [1.54, 1.807) is 0 Å². The number of nitrogens with zero attached hydrogens (tertiary/aromatic N) is 4. The van der Waals surface area contributed by atoms with Crippen molar-refractivity contribution in [2.45, 2.75) is 64.6 Å². The van der Waals surface area contributed by atoms with Crippen LogP contribution in [0.4, 0.5) is 24.5 Å². The fourth-order valence-corrected chi connectivity index (χ4v) is 5.52. The first-order valence-corrected chi connectivity index (χ1v) is 12.8. The van der Waals surface area contributed by atoms with Gasteiger partial charge in [-0.25, -0.2) is 4.98 Å².